The normalized spacial score (nSPS) is 20.6. The van der Waals surface area contributed by atoms with E-state index in [2.05, 4.69) is 41.5 Å². The number of carbonyl (C=O) groups is 3. The number of hydrogen-bond donors (Lipinski definition) is 0. The molecule has 0 bridgehead atoms. The van der Waals surface area contributed by atoms with E-state index in [0.717, 1.165) is 77.0 Å². The molecule has 3 unspecified atom stereocenters. The van der Waals surface area contributed by atoms with Crippen LogP contribution >= 0.6 is 0 Å². The van der Waals surface area contributed by atoms with Crippen LogP contribution in [0.4, 0.5) is 14.4 Å². The lowest BCUT2D eigenvalue weighted by Crippen LogP contribution is -2.40. The quantitative estimate of drug-likeness (QED) is 0.0940. The van der Waals surface area contributed by atoms with E-state index in [9.17, 15) is 14.4 Å². The van der Waals surface area contributed by atoms with Crippen molar-refractivity contribution in [2.24, 2.45) is 17.8 Å². The zero-order valence-corrected chi connectivity index (χ0v) is 27.4. The molecule has 9 nitrogen and oxygen atoms in total. The van der Waals surface area contributed by atoms with Gasteiger partial charge in [-0.3, -0.25) is 0 Å². The van der Waals surface area contributed by atoms with Crippen LogP contribution in [0.1, 0.15) is 138 Å². The largest absolute Gasteiger partial charge is 0.508 e. The molecule has 1 aliphatic rings. The predicted octanol–water partition coefficient (Wildman–Crippen LogP) is 9.38. The number of ether oxygens (including phenoxy) is 6. The van der Waals surface area contributed by atoms with Crippen LogP contribution in [0.2, 0.25) is 0 Å². The molecule has 0 aromatic heterocycles. The van der Waals surface area contributed by atoms with Crippen LogP contribution in [-0.4, -0.2) is 56.6 Å². The van der Waals surface area contributed by atoms with E-state index in [-0.39, 0.29) is 37.0 Å². The molecule has 42 heavy (non-hydrogen) atoms. The molecule has 1 rings (SSSR count). The molecule has 0 radical (unpaired) electrons. The standard InChI is InChI=1S/C33H60O9/c1-7-13-16-25(10-4)22-37-31(34)40-28-19-29(41-32(35)38-23-26(11-5)17-14-8-2)21-30(20-28)42-33(36)39-24-27(12-6)18-15-9-3/h25-30H,7-24H2,1-6H3. The summed E-state index contributed by atoms with van der Waals surface area (Å²) in [6.07, 6.45) is 8.86. The average molecular weight is 601 g/mol. The van der Waals surface area contributed by atoms with E-state index >= 15 is 0 Å². The van der Waals surface area contributed by atoms with Gasteiger partial charge in [0.05, 0.1) is 19.8 Å². The summed E-state index contributed by atoms with van der Waals surface area (Å²) in [5.74, 6) is 0.859. The molecule has 1 aliphatic carbocycles. The summed E-state index contributed by atoms with van der Waals surface area (Å²) >= 11 is 0. The van der Waals surface area contributed by atoms with Crippen LogP contribution < -0.4 is 0 Å². The van der Waals surface area contributed by atoms with E-state index in [4.69, 9.17) is 28.4 Å². The summed E-state index contributed by atoms with van der Waals surface area (Å²) in [5.41, 5.74) is 0. The number of carbonyl (C=O) groups excluding carboxylic acids is 3. The number of rotatable bonds is 21. The van der Waals surface area contributed by atoms with Crippen LogP contribution in [-0.2, 0) is 28.4 Å². The lowest BCUT2D eigenvalue weighted by atomic mass is 9.92. The van der Waals surface area contributed by atoms with Crippen LogP contribution in [0.3, 0.4) is 0 Å². The Morgan fingerprint density at radius 2 is 0.762 bits per heavy atom. The zero-order valence-electron chi connectivity index (χ0n) is 27.4. The van der Waals surface area contributed by atoms with Crippen molar-refractivity contribution in [1.29, 1.82) is 0 Å². The molecular formula is C33H60O9. The highest BCUT2D eigenvalue weighted by molar-refractivity contribution is 5.61. The molecule has 0 N–H and O–H groups in total. The maximum absolute atomic E-state index is 12.5. The fourth-order valence-electron chi connectivity index (χ4n) is 5.22. The molecular weight excluding hydrogens is 540 g/mol. The topological polar surface area (TPSA) is 107 Å². The third-order valence-electron chi connectivity index (χ3n) is 8.31. The molecule has 0 amide bonds. The summed E-state index contributed by atoms with van der Waals surface area (Å²) in [5, 5.41) is 0. The van der Waals surface area contributed by atoms with Gasteiger partial charge in [-0.05, 0) is 37.0 Å². The SMILES string of the molecule is CCCCC(CC)COC(=O)OC1CC(OC(=O)OCC(CC)CCCC)CC(OC(=O)OCC(CC)CCCC)C1. The minimum atomic E-state index is -0.761. The van der Waals surface area contributed by atoms with Gasteiger partial charge in [0.25, 0.3) is 0 Å². The van der Waals surface area contributed by atoms with Crippen LogP contribution in [0.25, 0.3) is 0 Å². The van der Waals surface area contributed by atoms with Gasteiger partial charge in [0, 0.05) is 19.3 Å². The predicted molar refractivity (Wildman–Crippen MR) is 162 cm³/mol. The van der Waals surface area contributed by atoms with Gasteiger partial charge in [-0.2, -0.15) is 0 Å². The average Bonchev–Trinajstić information content (AvgIpc) is 2.97. The van der Waals surface area contributed by atoms with Gasteiger partial charge in [0.15, 0.2) is 0 Å². The Labute approximate surface area is 255 Å². The molecule has 0 saturated heterocycles. The Hall–Kier alpha value is -2.19. The molecule has 3 atom stereocenters. The Morgan fingerprint density at radius 1 is 0.500 bits per heavy atom. The van der Waals surface area contributed by atoms with Crippen molar-refractivity contribution in [1.82, 2.24) is 0 Å². The Morgan fingerprint density at radius 3 is 0.976 bits per heavy atom. The summed E-state index contributed by atoms with van der Waals surface area (Å²) < 4.78 is 33.1. The molecule has 9 heteroatoms. The van der Waals surface area contributed by atoms with Crippen molar-refractivity contribution in [2.75, 3.05) is 19.8 Å². The van der Waals surface area contributed by atoms with E-state index in [1.165, 1.54) is 0 Å². The molecule has 1 saturated carbocycles. The smallest absolute Gasteiger partial charge is 0.434 e. The maximum atomic E-state index is 12.5. The summed E-state index contributed by atoms with van der Waals surface area (Å²) in [6.45, 7) is 13.5. The van der Waals surface area contributed by atoms with Gasteiger partial charge >= 0.3 is 18.5 Å². The fourth-order valence-corrected chi connectivity index (χ4v) is 5.22. The Kier molecular flexibility index (Phi) is 21.0. The molecule has 0 aliphatic heterocycles. The van der Waals surface area contributed by atoms with Gasteiger partial charge in [-0.25, -0.2) is 14.4 Å². The van der Waals surface area contributed by atoms with Gasteiger partial charge in [0.1, 0.15) is 18.3 Å². The molecule has 0 spiro atoms. The number of hydrogen-bond acceptors (Lipinski definition) is 9. The zero-order chi connectivity index (χ0) is 31.2. The highest BCUT2D eigenvalue weighted by Crippen LogP contribution is 2.28. The summed E-state index contributed by atoms with van der Waals surface area (Å²) in [4.78, 5) is 37.6. The van der Waals surface area contributed by atoms with Crippen molar-refractivity contribution < 1.29 is 42.8 Å². The summed E-state index contributed by atoms with van der Waals surface area (Å²) in [7, 11) is 0. The first-order valence-electron chi connectivity index (χ1n) is 16.8. The highest BCUT2D eigenvalue weighted by atomic mass is 16.7. The molecule has 0 aromatic rings. The third kappa shape index (κ3) is 17.1. The molecule has 1 fully saturated rings. The minimum Gasteiger partial charge on any atom is -0.434 e. The van der Waals surface area contributed by atoms with Gasteiger partial charge in [0.2, 0.25) is 0 Å². The van der Waals surface area contributed by atoms with Crippen LogP contribution in [0.15, 0.2) is 0 Å². The second-order valence-corrected chi connectivity index (χ2v) is 11.9. The monoisotopic (exact) mass is 600 g/mol. The maximum Gasteiger partial charge on any atom is 0.508 e. The second-order valence-electron chi connectivity index (χ2n) is 11.9. The lowest BCUT2D eigenvalue weighted by molar-refractivity contribution is -0.0805. The molecule has 246 valence electrons. The Bertz CT molecular complexity index is 627. The first kappa shape index (κ1) is 37.8. The Balaban J connectivity index is 2.75. The van der Waals surface area contributed by atoms with E-state index in [0.29, 0.717) is 19.8 Å². The van der Waals surface area contributed by atoms with Crippen LogP contribution in [0, 0.1) is 17.8 Å². The van der Waals surface area contributed by atoms with Crippen molar-refractivity contribution in [2.45, 2.75) is 156 Å². The van der Waals surface area contributed by atoms with E-state index in [1.54, 1.807) is 0 Å². The van der Waals surface area contributed by atoms with Crippen molar-refractivity contribution >= 4 is 18.5 Å². The fraction of sp³-hybridized carbons (Fsp3) is 0.909. The second kappa shape index (κ2) is 23.3. The first-order valence-corrected chi connectivity index (χ1v) is 16.8. The van der Waals surface area contributed by atoms with Crippen LogP contribution in [0.5, 0.6) is 0 Å². The van der Waals surface area contributed by atoms with Crippen molar-refractivity contribution in [3.05, 3.63) is 0 Å². The first-order chi connectivity index (χ1) is 20.3. The van der Waals surface area contributed by atoms with E-state index in [1.807, 2.05) is 0 Å². The van der Waals surface area contributed by atoms with E-state index < -0.39 is 36.8 Å². The van der Waals surface area contributed by atoms with Gasteiger partial charge in [-0.15, -0.1) is 0 Å². The minimum absolute atomic E-state index is 0.272. The van der Waals surface area contributed by atoms with Crippen molar-refractivity contribution in [3.8, 4) is 0 Å². The summed E-state index contributed by atoms with van der Waals surface area (Å²) in [6, 6.07) is 0. The highest BCUT2D eigenvalue weighted by Gasteiger charge is 2.36. The number of unbranched alkanes of at least 4 members (excludes halogenated alkanes) is 3. The lowest BCUT2D eigenvalue weighted by Gasteiger charge is -2.33. The molecule has 0 heterocycles. The third-order valence-corrected chi connectivity index (χ3v) is 8.31. The molecule has 0 aromatic carbocycles. The van der Waals surface area contributed by atoms with Crippen molar-refractivity contribution in [3.63, 3.8) is 0 Å². The van der Waals surface area contributed by atoms with Gasteiger partial charge in [-0.1, -0.05) is 99.3 Å². The van der Waals surface area contributed by atoms with Gasteiger partial charge < -0.3 is 28.4 Å².